The maximum atomic E-state index is 11.8. The van der Waals surface area contributed by atoms with Gasteiger partial charge in [-0.25, -0.2) is 4.98 Å². The minimum absolute atomic E-state index is 0.0595. The highest BCUT2D eigenvalue weighted by Crippen LogP contribution is 2.13. The van der Waals surface area contributed by atoms with Crippen LogP contribution in [0.4, 0.5) is 0 Å². The van der Waals surface area contributed by atoms with Gasteiger partial charge in [0.15, 0.2) is 0 Å². The first-order valence-corrected chi connectivity index (χ1v) is 8.32. The number of aryl methyl sites for hydroxylation is 2. The molecule has 2 aromatic rings. The van der Waals surface area contributed by atoms with E-state index in [1.165, 1.54) is 5.56 Å². The van der Waals surface area contributed by atoms with E-state index in [-0.39, 0.29) is 11.9 Å². The molecule has 1 N–H and O–H groups in total. The number of hydrogen-bond donors (Lipinski definition) is 1. The van der Waals surface area contributed by atoms with Crippen molar-refractivity contribution in [1.82, 2.24) is 10.3 Å². The molecule has 1 atom stereocenters. The van der Waals surface area contributed by atoms with Crippen LogP contribution < -0.4 is 5.32 Å². The van der Waals surface area contributed by atoms with Gasteiger partial charge in [0, 0.05) is 17.8 Å². The van der Waals surface area contributed by atoms with E-state index in [1.54, 1.807) is 11.3 Å². The number of aromatic nitrogens is 1. The van der Waals surface area contributed by atoms with Crippen molar-refractivity contribution in [3.8, 4) is 0 Å². The number of carbonyl (C=O) groups is 1. The van der Waals surface area contributed by atoms with Gasteiger partial charge in [-0.2, -0.15) is 0 Å². The summed E-state index contributed by atoms with van der Waals surface area (Å²) in [5.41, 5.74) is 2.20. The average molecular weight is 302 g/mol. The zero-order valence-electron chi connectivity index (χ0n) is 12.6. The summed E-state index contributed by atoms with van der Waals surface area (Å²) in [4.78, 5) is 16.4. The molecule has 1 heterocycles. The summed E-state index contributed by atoms with van der Waals surface area (Å²) in [7, 11) is 0. The minimum atomic E-state index is 0.0595. The maximum Gasteiger partial charge on any atom is 0.226 e. The molecule has 0 bridgehead atoms. The quantitative estimate of drug-likeness (QED) is 0.852. The third kappa shape index (κ3) is 5.31. The maximum absolute atomic E-state index is 11.8. The summed E-state index contributed by atoms with van der Waals surface area (Å²) in [6, 6.07) is 10.6. The lowest BCUT2D eigenvalue weighted by Gasteiger charge is -2.10. The van der Waals surface area contributed by atoms with Gasteiger partial charge in [-0.1, -0.05) is 37.3 Å². The number of thiazole rings is 1. The van der Waals surface area contributed by atoms with Crippen LogP contribution in [0, 0.1) is 0 Å². The second-order valence-corrected chi connectivity index (χ2v) is 6.21. The van der Waals surface area contributed by atoms with Crippen molar-refractivity contribution in [1.29, 1.82) is 0 Å². The molecule has 0 saturated heterocycles. The van der Waals surface area contributed by atoms with Gasteiger partial charge in [0.1, 0.15) is 0 Å². The fourth-order valence-electron chi connectivity index (χ4n) is 2.03. The number of benzene rings is 1. The Balaban J connectivity index is 1.82. The van der Waals surface area contributed by atoms with Crippen molar-refractivity contribution in [2.24, 2.45) is 0 Å². The van der Waals surface area contributed by atoms with Crippen LogP contribution in [-0.4, -0.2) is 16.9 Å². The molecular formula is C17H22N2OS. The van der Waals surface area contributed by atoms with E-state index >= 15 is 0 Å². The number of nitrogens with one attached hydrogen (secondary N) is 1. The first-order valence-electron chi connectivity index (χ1n) is 7.44. The fourth-order valence-corrected chi connectivity index (χ4v) is 2.83. The SMILES string of the molecule is CCC(C)NC(=O)Cc1csc(CCc2ccccc2)n1. The lowest BCUT2D eigenvalue weighted by Crippen LogP contribution is -2.33. The van der Waals surface area contributed by atoms with Crippen molar-refractivity contribution < 1.29 is 4.79 Å². The fraction of sp³-hybridized carbons (Fsp3) is 0.412. The highest BCUT2D eigenvalue weighted by atomic mass is 32.1. The van der Waals surface area contributed by atoms with Crippen molar-refractivity contribution >= 4 is 17.2 Å². The minimum Gasteiger partial charge on any atom is -0.353 e. The van der Waals surface area contributed by atoms with Gasteiger partial charge < -0.3 is 5.32 Å². The Bertz CT molecular complexity index is 565. The second kappa shape index (κ2) is 7.93. The molecule has 21 heavy (non-hydrogen) atoms. The van der Waals surface area contributed by atoms with Crippen LogP contribution in [0.1, 0.15) is 36.5 Å². The molecule has 0 saturated carbocycles. The summed E-state index contributed by atoms with van der Waals surface area (Å²) < 4.78 is 0. The smallest absolute Gasteiger partial charge is 0.226 e. The summed E-state index contributed by atoms with van der Waals surface area (Å²) >= 11 is 1.64. The highest BCUT2D eigenvalue weighted by molar-refractivity contribution is 7.09. The molecule has 0 aliphatic heterocycles. The normalized spacial score (nSPS) is 12.1. The van der Waals surface area contributed by atoms with Gasteiger partial charge in [0.2, 0.25) is 5.91 Å². The molecule has 0 spiro atoms. The van der Waals surface area contributed by atoms with Crippen molar-refractivity contribution in [2.75, 3.05) is 0 Å². The van der Waals surface area contributed by atoms with Crippen LogP contribution >= 0.6 is 11.3 Å². The Hall–Kier alpha value is -1.68. The Labute approximate surface area is 130 Å². The van der Waals surface area contributed by atoms with E-state index in [0.29, 0.717) is 6.42 Å². The number of amides is 1. The third-order valence-corrected chi connectivity index (χ3v) is 4.39. The van der Waals surface area contributed by atoms with Gasteiger partial charge >= 0.3 is 0 Å². The monoisotopic (exact) mass is 302 g/mol. The number of rotatable bonds is 7. The van der Waals surface area contributed by atoms with E-state index in [9.17, 15) is 4.79 Å². The molecular weight excluding hydrogens is 280 g/mol. The summed E-state index contributed by atoms with van der Waals surface area (Å²) in [6.07, 6.45) is 3.26. The Kier molecular flexibility index (Phi) is 5.93. The predicted molar refractivity (Wildman–Crippen MR) is 87.6 cm³/mol. The first kappa shape index (κ1) is 15.7. The third-order valence-electron chi connectivity index (χ3n) is 3.43. The van der Waals surface area contributed by atoms with Crippen LogP contribution in [0.15, 0.2) is 35.7 Å². The molecule has 1 amide bonds. The van der Waals surface area contributed by atoms with Gasteiger partial charge in [-0.05, 0) is 25.3 Å². The van der Waals surface area contributed by atoms with Gasteiger partial charge in [0.25, 0.3) is 0 Å². The van der Waals surface area contributed by atoms with Crippen LogP contribution in [0.3, 0.4) is 0 Å². The topological polar surface area (TPSA) is 42.0 Å². The van der Waals surface area contributed by atoms with Gasteiger partial charge in [-0.3, -0.25) is 4.79 Å². The van der Waals surface area contributed by atoms with Crippen molar-refractivity contribution in [3.05, 3.63) is 52.0 Å². The van der Waals surface area contributed by atoms with Crippen LogP contribution in [-0.2, 0) is 24.1 Å². The standard InChI is InChI=1S/C17H22N2OS/c1-3-13(2)18-16(20)11-15-12-21-17(19-15)10-9-14-7-5-4-6-8-14/h4-8,12-13H,3,9-11H2,1-2H3,(H,18,20). The van der Waals surface area contributed by atoms with E-state index in [1.807, 2.05) is 18.4 Å². The molecule has 4 heteroatoms. The highest BCUT2D eigenvalue weighted by Gasteiger charge is 2.09. The van der Waals surface area contributed by atoms with E-state index < -0.39 is 0 Å². The average Bonchev–Trinajstić information content (AvgIpc) is 2.93. The lowest BCUT2D eigenvalue weighted by atomic mass is 10.1. The van der Waals surface area contributed by atoms with Gasteiger partial charge in [-0.15, -0.1) is 11.3 Å². The second-order valence-electron chi connectivity index (χ2n) is 5.27. The molecule has 1 aromatic carbocycles. The lowest BCUT2D eigenvalue weighted by molar-refractivity contribution is -0.121. The van der Waals surface area contributed by atoms with Crippen LogP contribution in [0.2, 0.25) is 0 Å². The first-order chi connectivity index (χ1) is 10.2. The Morgan fingerprint density at radius 1 is 1.29 bits per heavy atom. The molecule has 0 radical (unpaired) electrons. The molecule has 0 fully saturated rings. The zero-order valence-corrected chi connectivity index (χ0v) is 13.5. The summed E-state index contributed by atoms with van der Waals surface area (Å²) in [5, 5.41) is 6.07. The van der Waals surface area contributed by atoms with Crippen LogP contribution in [0.5, 0.6) is 0 Å². The molecule has 0 aliphatic carbocycles. The Morgan fingerprint density at radius 2 is 2.05 bits per heavy atom. The van der Waals surface area contributed by atoms with Gasteiger partial charge in [0.05, 0.1) is 17.1 Å². The molecule has 0 aliphatic rings. The number of nitrogens with zero attached hydrogens (tertiary/aromatic N) is 1. The Morgan fingerprint density at radius 3 is 2.76 bits per heavy atom. The largest absolute Gasteiger partial charge is 0.353 e. The van der Waals surface area contributed by atoms with E-state index in [4.69, 9.17) is 0 Å². The predicted octanol–water partition coefficient (Wildman–Crippen LogP) is 3.39. The van der Waals surface area contributed by atoms with Crippen LogP contribution in [0.25, 0.3) is 0 Å². The molecule has 1 unspecified atom stereocenters. The van der Waals surface area contributed by atoms with E-state index in [2.05, 4.69) is 41.5 Å². The molecule has 1 aromatic heterocycles. The molecule has 3 nitrogen and oxygen atoms in total. The zero-order chi connectivity index (χ0) is 15.1. The van der Waals surface area contributed by atoms with E-state index in [0.717, 1.165) is 30.0 Å². The molecule has 112 valence electrons. The summed E-state index contributed by atoms with van der Waals surface area (Å²) in [6.45, 7) is 4.08. The number of carbonyl (C=O) groups excluding carboxylic acids is 1. The molecule has 2 rings (SSSR count). The van der Waals surface area contributed by atoms with Crippen molar-refractivity contribution in [3.63, 3.8) is 0 Å². The van der Waals surface area contributed by atoms with Crippen molar-refractivity contribution in [2.45, 2.75) is 45.6 Å². The summed E-state index contributed by atoms with van der Waals surface area (Å²) in [5.74, 6) is 0.0595. The number of hydrogen-bond acceptors (Lipinski definition) is 3.